The van der Waals surface area contributed by atoms with E-state index in [1.165, 1.54) is 0 Å². The predicted octanol–water partition coefficient (Wildman–Crippen LogP) is 0.696. The van der Waals surface area contributed by atoms with Crippen molar-refractivity contribution in [1.29, 1.82) is 0 Å². The molecule has 0 amide bonds. The third-order valence-corrected chi connectivity index (χ3v) is 3.00. The van der Waals surface area contributed by atoms with Gasteiger partial charge in [0.2, 0.25) is 0 Å². The van der Waals surface area contributed by atoms with Crippen molar-refractivity contribution in [3.63, 3.8) is 0 Å². The Morgan fingerprint density at radius 2 is 1.59 bits per heavy atom. The molecule has 0 bridgehead atoms. The highest BCUT2D eigenvalue weighted by Crippen LogP contribution is 2.28. The molecule has 0 aliphatic rings. The lowest BCUT2D eigenvalue weighted by Gasteiger charge is -2.39. The number of aliphatic hydroxyl groups excluding tert-OH is 1. The van der Waals surface area contributed by atoms with Crippen LogP contribution in [0.2, 0.25) is 0 Å². The number of aliphatic hydroxyl groups is 1. The Morgan fingerprint density at radius 1 is 1.00 bits per heavy atom. The summed E-state index contributed by atoms with van der Waals surface area (Å²) < 4.78 is 21.4. The quantitative estimate of drug-likeness (QED) is 0.652. The van der Waals surface area contributed by atoms with Crippen molar-refractivity contribution < 1.29 is 24.1 Å². The first kappa shape index (κ1) is 16.8. The van der Waals surface area contributed by atoms with E-state index in [2.05, 4.69) is 0 Å². The van der Waals surface area contributed by atoms with Crippen LogP contribution >= 0.6 is 0 Å². The fourth-order valence-electron chi connectivity index (χ4n) is 1.92. The van der Waals surface area contributed by atoms with Gasteiger partial charge in [-0.15, -0.1) is 0 Å². The summed E-state index contributed by atoms with van der Waals surface area (Å²) in [7, 11) is 6.42. The van der Waals surface area contributed by atoms with Crippen molar-refractivity contribution in [2.75, 3.05) is 41.7 Å². The highest BCUT2D eigenvalue weighted by atomic mass is 16.6. The van der Waals surface area contributed by atoms with Crippen LogP contribution in [0.3, 0.4) is 0 Å². The zero-order valence-electron chi connectivity index (χ0n) is 11.7. The van der Waals surface area contributed by atoms with Crippen LogP contribution in [0.4, 0.5) is 0 Å². The lowest BCUT2D eigenvalue weighted by Crippen LogP contribution is -2.51. The van der Waals surface area contributed by atoms with E-state index in [1.54, 1.807) is 28.4 Å². The molecule has 0 aromatic carbocycles. The van der Waals surface area contributed by atoms with Gasteiger partial charge < -0.3 is 24.1 Å². The molecule has 0 aliphatic carbocycles. The number of ether oxygens (including phenoxy) is 4. The molecule has 104 valence electrons. The van der Waals surface area contributed by atoms with Gasteiger partial charge in [0, 0.05) is 33.9 Å². The molecule has 3 atom stereocenters. The monoisotopic (exact) mass is 250 g/mol. The Kier molecular flexibility index (Phi) is 7.91. The maximum absolute atomic E-state index is 9.42. The summed E-state index contributed by atoms with van der Waals surface area (Å²) in [5.74, 6) is 0. The fraction of sp³-hybridized carbons (Fsp3) is 1.00. The Morgan fingerprint density at radius 3 is 1.88 bits per heavy atom. The molecule has 0 aliphatic heterocycles. The van der Waals surface area contributed by atoms with E-state index in [0.29, 0.717) is 6.61 Å². The van der Waals surface area contributed by atoms with E-state index >= 15 is 0 Å². The minimum Gasteiger partial charge on any atom is -0.396 e. The molecule has 0 radical (unpaired) electrons. The Labute approximate surface area is 104 Å². The average Bonchev–Trinajstić information content (AvgIpc) is 2.33. The largest absolute Gasteiger partial charge is 0.396 e. The van der Waals surface area contributed by atoms with E-state index in [-0.39, 0.29) is 24.9 Å². The molecule has 17 heavy (non-hydrogen) atoms. The summed E-state index contributed by atoms with van der Waals surface area (Å²) in [6.45, 7) is 4.27. The Bertz CT molecular complexity index is 195. The molecular weight excluding hydrogens is 224 g/mol. The molecule has 0 heterocycles. The van der Waals surface area contributed by atoms with Crippen LogP contribution < -0.4 is 0 Å². The predicted molar refractivity (Wildman–Crippen MR) is 65.1 cm³/mol. The first-order valence-electron chi connectivity index (χ1n) is 5.66. The minimum atomic E-state index is -0.417. The molecule has 0 spiro atoms. The van der Waals surface area contributed by atoms with Crippen LogP contribution in [0.25, 0.3) is 0 Å². The van der Waals surface area contributed by atoms with Crippen molar-refractivity contribution in [2.45, 2.75) is 32.2 Å². The first-order valence-corrected chi connectivity index (χ1v) is 5.66. The highest BCUT2D eigenvalue weighted by molar-refractivity contribution is 4.89. The van der Waals surface area contributed by atoms with E-state index < -0.39 is 5.41 Å². The highest BCUT2D eigenvalue weighted by Gasteiger charge is 2.40. The third kappa shape index (κ3) is 4.52. The molecule has 0 saturated carbocycles. The summed E-state index contributed by atoms with van der Waals surface area (Å²) >= 11 is 0. The van der Waals surface area contributed by atoms with Crippen LogP contribution in [0.1, 0.15) is 13.8 Å². The summed E-state index contributed by atoms with van der Waals surface area (Å²) in [6, 6.07) is 0. The van der Waals surface area contributed by atoms with Crippen LogP contribution in [0.15, 0.2) is 0 Å². The normalized spacial score (nSPS) is 17.8. The van der Waals surface area contributed by atoms with Crippen molar-refractivity contribution in [3.05, 3.63) is 0 Å². The second-order valence-electron chi connectivity index (χ2n) is 4.73. The summed E-state index contributed by atoms with van der Waals surface area (Å²) in [5, 5.41) is 9.42. The van der Waals surface area contributed by atoms with Gasteiger partial charge in [0.05, 0.1) is 19.3 Å². The standard InChI is InChI=1S/C12H26O5/c1-12(2,8-13)11(17-6)10(16-5)9(15-4)7-14-3/h9-11,13H,7-8H2,1-6H3. The lowest BCUT2D eigenvalue weighted by atomic mass is 9.82. The molecule has 5 heteroatoms. The first-order chi connectivity index (χ1) is 7.98. The zero-order chi connectivity index (χ0) is 13.5. The molecule has 3 unspecified atom stereocenters. The van der Waals surface area contributed by atoms with Gasteiger partial charge in [0.1, 0.15) is 12.2 Å². The van der Waals surface area contributed by atoms with Gasteiger partial charge in [-0.2, -0.15) is 0 Å². The molecule has 1 N–H and O–H groups in total. The van der Waals surface area contributed by atoms with E-state index in [1.807, 2.05) is 13.8 Å². The van der Waals surface area contributed by atoms with Gasteiger partial charge in [-0.1, -0.05) is 13.8 Å². The van der Waals surface area contributed by atoms with Gasteiger partial charge in [-0.05, 0) is 0 Å². The topological polar surface area (TPSA) is 57.2 Å². The third-order valence-electron chi connectivity index (χ3n) is 3.00. The van der Waals surface area contributed by atoms with Crippen molar-refractivity contribution in [2.24, 2.45) is 5.41 Å². The molecule has 0 aromatic heterocycles. The summed E-state index contributed by atoms with van der Waals surface area (Å²) in [5.41, 5.74) is -0.417. The molecule has 5 nitrogen and oxygen atoms in total. The van der Waals surface area contributed by atoms with Gasteiger partial charge in [-0.3, -0.25) is 0 Å². The fourth-order valence-corrected chi connectivity index (χ4v) is 1.92. The molecule has 0 rings (SSSR count). The van der Waals surface area contributed by atoms with Gasteiger partial charge >= 0.3 is 0 Å². The summed E-state index contributed by atoms with van der Waals surface area (Å²) in [4.78, 5) is 0. The van der Waals surface area contributed by atoms with Crippen molar-refractivity contribution in [1.82, 2.24) is 0 Å². The number of hydrogen-bond donors (Lipinski definition) is 1. The smallest absolute Gasteiger partial charge is 0.112 e. The number of rotatable bonds is 9. The number of hydrogen-bond acceptors (Lipinski definition) is 5. The maximum atomic E-state index is 9.42. The SMILES string of the molecule is COCC(OC)C(OC)C(OC)C(C)(C)CO. The van der Waals surface area contributed by atoms with Crippen molar-refractivity contribution in [3.8, 4) is 0 Å². The Balaban J connectivity index is 4.90. The average molecular weight is 250 g/mol. The molecule has 0 fully saturated rings. The van der Waals surface area contributed by atoms with Crippen molar-refractivity contribution >= 4 is 0 Å². The molecule has 0 saturated heterocycles. The van der Waals surface area contributed by atoms with Gasteiger partial charge in [0.15, 0.2) is 0 Å². The summed E-state index contributed by atoms with van der Waals surface area (Å²) in [6.07, 6.45) is -0.814. The van der Waals surface area contributed by atoms with Gasteiger partial charge in [-0.25, -0.2) is 0 Å². The van der Waals surface area contributed by atoms with Crippen LogP contribution in [0, 0.1) is 5.41 Å². The second kappa shape index (κ2) is 8.00. The van der Waals surface area contributed by atoms with E-state index in [0.717, 1.165) is 0 Å². The Hall–Kier alpha value is -0.200. The molecular formula is C12H26O5. The van der Waals surface area contributed by atoms with Crippen LogP contribution in [0.5, 0.6) is 0 Å². The molecule has 0 aromatic rings. The van der Waals surface area contributed by atoms with Gasteiger partial charge in [0.25, 0.3) is 0 Å². The minimum absolute atomic E-state index is 0.00871. The van der Waals surface area contributed by atoms with E-state index in [9.17, 15) is 5.11 Å². The van der Waals surface area contributed by atoms with Crippen LogP contribution in [-0.4, -0.2) is 65.1 Å². The lowest BCUT2D eigenvalue weighted by molar-refractivity contribution is -0.160. The second-order valence-corrected chi connectivity index (χ2v) is 4.73. The zero-order valence-corrected chi connectivity index (χ0v) is 11.7. The van der Waals surface area contributed by atoms with E-state index in [4.69, 9.17) is 18.9 Å². The van der Waals surface area contributed by atoms with Crippen LogP contribution in [-0.2, 0) is 18.9 Å². The number of methoxy groups -OCH3 is 4. The maximum Gasteiger partial charge on any atom is 0.112 e.